The molecular weight excluding hydrogens is 418 g/mol. The molecule has 3 heterocycles. The summed E-state index contributed by atoms with van der Waals surface area (Å²) in [4.78, 5) is 46.7. The van der Waals surface area contributed by atoms with Crippen LogP contribution in [0.25, 0.3) is 22.4 Å². The Morgan fingerprint density at radius 2 is 1.97 bits per heavy atom. The first-order valence-electron chi connectivity index (χ1n) is 10.00. The topological polar surface area (TPSA) is 108 Å². The molecule has 3 aromatic rings. The maximum atomic E-state index is 12.9. The van der Waals surface area contributed by atoms with Gasteiger partial charge in [-0.15, -0.1) is 0 Å². The molecule has 9 nitrogen and oxygen atoms in total. The minimum Gasteiger partial charge on any atom is -0.376 e. The Labute approximate surface area is 182 Å². The van der Waals surface area contributed by atoms with Gasteiger partial charge in [0.1, 0.15) is 10.4 Å². The van der Waals surface area contributed by atoms with E-state index in [1.54, 1.807) is 7.05 Å². The third-order valence-corrected chi connectivity index (χ3v) is 6.17. The summed E-state index contributed by atoms with van der Waals surface area (Å²) in [6.07, 6.45) is 2.00. The molecule has 31 heavy (non-hydrogen) atoms. The van der Waals surface area contributed by atoms with Crippen LogP contribution < -0.4 is 16.6 Å². The lowest BCUT2D eigenvalue weighted by molar-refractivity contribution is -0.119. The fraction of sp³-hybridized carbons (Fsp3) is 0.381. The molecule has 0 spiro atoms. The highest BCUT2D eigenvalue weighted by Crippen LogP contribution is 2.25. The van der Waals surface area contributed by atoms with Gasteiger partial charge >= 0.3 is 5.69 Å². The number of fused-ring (bicyclic) bond motifs is 1. The van der Waals surface area contributed by atoms with Crippen molar-refractivity contribution in [3.05, 3.63) is 51.2 Å². The van der Waals surface area contributed by atoms with Gasteiger partial charge in [-0.3, -0.25) is 18.7 Å². The summed E-state index contributed by atoms with van der Waals surface area (Å²) in [5, 5.41) is 3.46. The van der Waals surface area contributed by atoms with Crippen LogP contribution in [0.4, 0.5) is 0 Å². The number of nitrogens with one attached hydrogen (secondary N) is 1. The summed E-state index contributed by atoms with van der Waals surface area (Å²) in [7, 11) is 2.98. The molecule has 2 aromatic heterocycles. The average molecular weight is 442 g/mol. The highest BCUT2D eigenvalue weighted by Gasteiger charge is 2.20. The van der Waals surface area contributed by atoms with Crippen molar-refractivity contribution in [2.24, 2.45) is 14.1 Å². The summed E-state index contributed by atoms with van der Waals surface area (Å²) < 4.78 is 7.87. The van der Waals surface area contributed by atoms with E-state index in [0.717, 1.165) is 41.3 Å². The highest BCUT2D eigenvalue weighted by atomic mass is 32.2. The van der Waals surface area contributed by atoms with Crippen LogP contribution >= 0.6 is 11.8 Å². The second kappa shape index (κ2) is 9.03. The van der Waals surface area contributed by atoms with Gasteiger partial charge in [0.2, 0.25) is 5.91 Å². The Morgan fingerprint density at radius 1 is 1.19 bits per heavy atom. The van der Waals surface area contributed by atoms with Crippen LogP contribution in [0, 0.1) is 0 Å². The number of nitrogens with zero attached hydrogens (tertiary/aromatic N) is 4. The molecule has 1 amide bonds. The third kappa shape index (κ3) is 4.40. The summed E-state index contributed by atoms with van der Waals surface area (Å²) in [6.45, 7) is 1.20. The van der Waals surface area contributed by atoms with Gasteiger partial charge in [-0.05, 0) is 12.8 Å². The predicted octanol–water partition coefficient (Wildman–Crippen LogP) is 1.08. The highest BCUT2D eigenvalue weighted by molar-refractivity contribution is 8.00. The van der Waals surface area contributed by atoms with Crippen molar-refractivity contribution in [1.29, 1.82) is 0 Å². The molecule has 0 aliphatic carbocycles. The lowest BCUT2D eigenvalue weighted by atomic mass is 10.2. The third-order valence-electron chi connectivity index (χ3n) is 5.19. The number of hydrogen-bond acceptors (Lipinski definition) is 7. The number of amides is 1. The Bertz CT molecular complexity index is 1230. The molecule has 1 aliphatic rings. The van der Waals surface area contributed by atoms with Crippen LogP contribution in [0.2, 0.25) is 0 Å². The molecule has 0 saturated carbocycles. The molecular formula is C21H23N5O4S. The van der Waals surface area contributed by atoms with Crippen molar-refractivity contribution in [2.45, 2.75) is 24.0 Å². The Balaban J connectivity index is 1.69. The molecule has 1 fully saturated rings. The van der Waals surface area contributed by atoms with Gasteiger partial charge in [-0.25, -0.2) is 14.8 Å². The van der Waals surface area contributed by atoms with Gasteiger partial charge in [0, 0.05) is 32.8 Å². The quantitative estimate of drug-likeness (QED) is 0.450. The predicted molar refractivity (Wildman–Crippen MR) is 118 cm³/mol. The fourth-order valence-corrected chi connectivity index (χ4v) is 4.31. The zero-order valence-electron chi connectivity index (χ0n) is 17.3. The zero-order chi connectivity index (χ0) is 22.0. The summed E-state index contributed by atoms with van der Waals surface area (Å²) >= 11 is 1.15. The van der Waals surface area contributed by atoms with Crippen molar-refractivity contribution in [3.63, 3.8) is 0 Å². The second-order valence-corrected chi connectivity index (χ2v) is 8.31. The number of benzene rings is 1. The first kappa shape index (κ1) is 21.3. The van der Waals surface area contributed by atoms with Gasteiger partial charge in [-0.1, -0.05) is 42.1 Å². The van der Waals surface area contributed by atoms with Gasteiger partial charge in [0.05, 0.1) is 11.9 Å². The monoisotopic (exact) mass is 441 g/mol. The number of aryl methyl sites for hydroxylation is 1. The van der Waals surface area contributed by atoms with Crippen LogP contribution in [0.15, 0.2) is 44.9 Å². The number of thioether (sulfide) groups is 1. The number of hydrogen-bond donors (Lipinski definition) is 1. The van der Waals surface area contributed by atoms with Crippen molar-refractivity contribution in [1.82, 2.24) is 24.4 Å². The molecule has 10 heteroatoms. The lowest BCUT2D eigenvalue weighted by Crippen LogP contribution is -2.38. The average Bonchev–Trinajstić information content (AvgIpc) is 3.32. The van der Waals surface area contributed by atoms with Crippen LogP contribution in [0.1, 0.15) is 12.8 Å². The van der Waals surface area contributed by atoms with Crippen molar-refractivity contribution < 1.29 is 9.53 Å². The number of ether oxygens (including phenoxy) is 1. The second-order valence-electron chi connectivity index (χ2n) is 7.35. The summed E-state index contributed by atoms with van der Waals surface area (Å²) in [6, 6.07) is 9.30. The molecule has 1 N–H and O–H groups in total. The SMILES string of the molecule is Cn1c(=O)c2c(SCC(=O)NC[C@@H]3CCCO3)nc(-c3ccccc3)nc2n(C)c1=O. The molecule has 1 atom stereocenters. The van der Waals surface area contributed by atoms with Crippen LogP contribution in [-0.2, 0) is 23.6 Å². The van der Waals surface area contributed by atoms with Gasteiger partial charge in [0.25, 0.3) is 5.56 Å². The number of carbonyl (C=O) groups excluding carboxylic acids is 1. The van der Waals surface area contributed by atoms with Gasteiger partial charge < -0.3 is 10.1 Å². The maximum Gasteiger partial charge on any atom is 0.332 e. The van der Waals surface area contributed by atoms with E-state index in [-0.39, 0.29) is 28.8 Å². The first-order valence-corrected chi connectivity index (χ1v) is 11.0. The van der Waals surface area contributed by atoms with E-state index >= 15 is 0 Å². The summed E-state index contributed by atoms with van der Waals surface area (Å²) in [5.41, 5.74) is 0.0341. The van der Waals surface area contributed by atoms with Crippen LogP contribution in [0.5, 0.6) is 0 Å². The van der Waals surface area contributed by atoms with Crippen LogP contribution in [-0.4, -0.2) is 50.0 Å². The molecule has 1 aromatic carbocycles. The Morgan fingerprint density at radius 3 is 2.68 bits per heavy atom. The first-order chi connectivity index (χ1) is 15.0. The number of aromatic nitrogens is 4. The van der Waals surface area contributed by atoms with E-state index in [9.17, 15) is 14.4 Å². The van der Waals surface area contributed by atoms with Crippen molar-refractivity contribution in [2.75, 3.05) is 18.9 Å². The molecule has 162 valence electrons. The standard InChI is InChI=1S/C21H23N5O4S/c1-25-18-16(20(28)26(2)21(25)29)19(24-17(23-18)13-7-4-3-5-8-13)31-12-15(27)22-11-14-9-6-10-30-14/h3-5,7-8,14H,6,9-12H2,1-2H3,(H,22,27)/t14-/m0/s1. The molecule has 0 unspecified atom stereocenters. The molecule has 1 aliphatic heterocycles. The van der Waals surface area contributed by atoms with Crippen molar-refractivity contribution >= 4 is 28.7 Å². The van der Waals surface area contributed by atoms with E-state index < -0.39 is 11.2 Å². The zero-order valence-corrected chi connectivity index (χ0v) is 18.1. The number of carbonyl (C=O) groups is 1. The van der Waals surface area contributed by atoms with Crippen molar-refractivity contribution in [3.8, 4) is 11.4 Å². The molecule has 0 radical (unpaired) electrons. The van der Waals surface area contributed by atoms with E-state index in [1.807, 2.05) is 30.3 Å². The smallest absolute Gasteiger partial charge is 0.332 e. The Hall–Kier alpha value is -2.98. The molecule has 0 bridgehead atoms. The van der Waals surface area contributed by atoms with E-state index in [0.29, 0.717) is 17.4 Å². The molecule has 1 saturated heterocycles. The maximum absolute atomic E-state index is 12.9. The van der Waals surface area contributed by atoms with E-state index in [4.69, 9.17) is 4.74 Å². The van der Waals surface area contributed by atoms with Crippen LogP contribution in [0.3, 0.4) is 0 Å². The minimum atomic E-state index is -0.486. The van der Waals surface area contributed by atoms with Gasteiger partial charge in [0.15, 0.2) is 11.5 Å². The summed E-state index contributed by atoms with van der Waals surface area (Å²) in [5.74, 6) is 0.299. The molecule has 4 rings (SSSR count). The van der Waals surface area contributed by atoms with E-state index in [1.165, 1.54) is 11.6 Å². The Kier molecular flexibility index (Phi) is 6.19. The normalized spacial score (nSPS) is 16.0. The number of rotatable bonds is 6. The van der Waals surface area contributed by atoms with E-state index in [2.05, 4.69) is 15.3 Å². The minimum absolute atomic E-state index is 0.0559. The van der Waals surface area contributed by atoms with Gasteiger partial charge in [-0.2, -0.15) is 0 Å². The lowest BCUT2D eigenvalue weighted by Gasteiger charge is -2.13. The largest absolute Gasteiger partial charge is 0.376 e. The fourth-order valence-electron chi connectivity index (χ4n) is 3.47.